The second kappa shape index (κ2) is 7.08. The molecule has 9 heteroatoms. The van der Waals surface area contributed by atoms with Crippen LogP contribution in [0, 0.1) is 10.1 Å². The minimum absolute atomic E-state index is 0.0453. The van der Waals surface area contributed by atoms with Crippen LogP contribution in [0.25, 0.3) is 0 Å². The van der Waals surface area contributed by atoms with Crippen molar-refractivity contribution in [3.63, 3.8) is 0 Å². The van der Waals surface area contributed by atoms with Crippen LogP contribution in [0.5, 0.6) is 5.75 Å². The van der Waals surface area contributed by atoms with E-state index in [0.717, 1.165) is 6.07 Å². The molecule has 118 valence electrons. The van der Waals surface area contributed by atoms with Crippen molar-refractivity contribution < 1.29 is 14.8 Å². The van der Waals surface area contributed by atoms with E-state index >= 15 is 0 Å². The Kier molecular flexibility index (Phi) is 5.15. The highest BCUT2D eigenvalue weighted by Crippen LogP contribution is 2.32. The zero-order valence-corrected chi connectivity index (χ0v) is 12.9. The first-order valence-electron chi connectivity index (χ1n) is 6.14. The molecule has 2 aromatic rings. The van der Waals surface area contributed by atoms with Crippen molar-refractivity contribution in [3.8, 4) is 5.75 Å². The van der Waals surface area contributed by atoms with Gasteiger partial charge in [-0.1, -0.05) is 29.3 Å². The Hall–Kier alpha value is -2.64. The van der Waals surface area contributed by atoms with E-state index < -0.39 is 10.8 Å². The molecule has 2 aromatic carbocycles. The van der Waals surface area contributed by atoms with Crippen molar-refractivity contribution in [2.24, 2.45) is 5.10 Å². The number of benzene rings is 2. The van der Waals surface area contributed by atoms with Crippen molar-refractivity contribution in [2.45, 2.75) is 0 Å². The highest BCUT2D eigenvalue weighted by Gasteiger charge is 2.10. The Morgan fingerprint density at radius 2 is 1.91 bits per heavy atom. The van der Waals surface area contributed by atoms with E-state index in [1.807, 2.05) is 0 Å². The summed E-state index contributed by atoms with van der Waals surface area (Å²) in [6, 6.07) is 8.06. The van der Waals surface area contributed by atoms with Crippen LogP contribution in [0.4, 0.5) is 5.69 Å². The molecule has 0 atom stereocenters. The van der Waals surface area contributed by atoms with Gasteiger partial charge < -0.3 is 5.11 Å². The Labute approximate surface area is 140 Å². The molecular formula is C14H9Cl2N3O4. The van der Waals surface area contributed by atoms with E-state index in [-0.39, 0.29) is 27.0 Å². The van der Waals surface area contributed by atoms with Crippen LogP contribution in [-0.4, -0.2) is 22.2 Å². The van der Waals surface area contributed by atoms with Crippen LogP contribution >= 0.6 is 23.2 Å². The maximum Gasteiger partial charge on any atom is 0.271 e. The molecule has 0 aliphatic heterocycles. The first kappa shape index (κ1) is 16.7. The lowest BCUT2D eigenvalue weighted by Crippen LogP contribution is -2.17. The predicted molar refractivity (Wildman–Crippen MR) is 86.3 cm³/mol. The molecule has 23 heavy (non-hydrogen) atoms. The zero-order chi connectivity index (χ0) is 17.0. The van der Waals surface area contributed by atoms with Gasteiger partial charge in [0.2, 0.25) is 0 Å². The van der Waals surface area contributed by atoms with E-state index in [1.54, 1.807) is 0 Å². The molecule has 1 amide bonds. The van der Waals surface area contributed by atoms with Crippen molar-refractivity contribution in [2.75, 3.05) is 0 Å². The van der Waals surface area contributed by atoms with E-state index in [0.29, 0.717) is 5.56 Å². The average molecular weight is 354 g/mol. The van der Waals surface area contributed by atoms with Gasteiger partial charge in [0.1, 0.15) is 0 Å². The number of hydrogen-bond acceptors (Lipinski definition) is 5. The van der Waals surface area contributed by atoms with Crippen LogP contribution in [0.3, 0.4) is 0 Å². The smallest absolute Gasteiger partial charge is 0.271 e. The second-order valence-corrected chi connectivity index (χ2v) is 5.15. The Morgan fingerprint density at radius 3 is 2.52 bits per heavy atom. The largest absolute Gasteiger partial charge is 0.505 e. The lowest BCUT2D eigenvalue weighted by molar-refractivity contribution is -0.384. The van der Waals surface area contributed by atoms with Crippen molar-refractivity contribution in [1.29, 1.82) is 0 Å². The molecule has 0 heterocycles. The molecule has 2 N–H and O–H groups in total. The van der Waals surface area contributed by atoms with Gasteiger partial charge in [0, 0.05) is 17.7 Å². The number of hydrogen-bond donors (Lipinski definition) is 2. The molecule has 7 nitrogen and oxygen atoms in total. The van der Waals surface area contributed by atoms with Gasteiger partial charge in [0.25, 0.3) is 11.6 Å². The third-order valence-electron chi connectivity index (χ3n) is 2.74. The number of amides is 1. The maximum atomic E-state index is 11.9. The first-order chi connectivity index (χ1) is 10.9. The third-order valence-corrected chi connectivity index (χ3v) is 3.31. The fourth-order valence-electron chi connectivity index (χ4n) is 1.65. The summed E-state index contributed by atoms with van der Waals surface area (Å²) in [4.78, 5) is 21.9. The summed E-state index contributed by atoms with van der Waals surface area (Å²) in [7, 11) is 0. The quantitative estimate of drug-likeness (QED) is 0.499. The van der Waals surface area contributed by atoms with Gasteiger partial charge in [-0.3, -0.25) is 14.9 Å². The Balaban J connectivity index is 2.10. The first-order valence-corrected chi connectivity index (χ1v) is 6.90. The molecule has 2 rings (SSSR count). The van der Waals surface area contributed by atoms with Crippen molar-refractivity contribution in [1.82, 2.24) is 5.43 Å². The molecule has 0 bridgehead atoms. The number of phenols is 1. The number of rotatable bonds is 4. The van der Waals surface area contributed by atoms with Crippen LogP contribution < -0.4 is 5.43 Å². The van der Waals surface area contributed by atoms with Crippen LogP contribution in [-0.2, 0) is 0 Å². The Morgan fingerprint density at radius 1 is 1.26 bits per heavy atom. The number of non-ortho nitro benzene ring substituents is 1. The topological polar surface area (TPSA) is 105 Å². The lowest BCUT2D eigenvalue weighted by Gasteiger charge is -2.02. The standard InChI is InChI=1S/C14H9Cl2N3O4/c15-11-4-8(5-12(16)13(11)20)7-17-18-14(21)9-2-1-3-10(6-9)19(22)23/h1-7,20H,(H,18,21)/b17-7+. The molecule has 0 radical (unpaired) electrons. The molecule has 0 aromatic heterocycles. The van der Waals surface area contributed by atoms with Gasteiger partial charge in [-0.2, -0.15) is 5.10 Å². The van der Waals surface area contributed by atoms with Gasteiger partial charge in [-0.05, 0) is 23.8 Å². The monoisotopic (exact) mass is 353 g/mol. The summed E-state index contributed by atoms with van der Waals surface area (Å²) < 4.78 is 0. The highest BCUT2D eigenvalue weighted by atomic mass is 35.5. The number of nitro groups is 1. The van der Waals surface area contributed by atoms with Crippen molar-refractivity contribution >= 4 is 41.0 Å². The molecule has 0 aliphatic rings. The summed E-state index contributed by atoms with van der Waals surface area (Å²) in [6.07, 6.45) is 1.27. The molecule has 0 unspecified atom stereocenters. The van der Waals surface area contributed by atoms with E-state index in [4.69, 9.17) is 23.2 Å². The van der Waals surface area contributed by atoms with E-state index in [1.165, 1.54) is 36.5 Å². The minimum Gasteiger partial charge on any atom is -0.505 e. The number of aromatic hydroxyl groups is 1. The third kappa shape index (κ3) is 4.18. The molecule has 0 fully saturated rings. The summed E-state index contributed by atoms with van der Waals surface area (Å²) in [5.41, 5.74) is 2.58. The fraction of sp³-hybridized carbons (Fsp3) is 0. The SMILES string of the molecule is O=C(N/N=C/c1cc(Cl)c(O)c(Cl)c1)c1cccc([N+](=O)[O-])c1. The molecular weight excluding hydrogens is 345 g/mol. The van der Waals surface area contributed by atoms with Crippen LogP contribution in [0.2, 0.25) is 10.0 Å². The van der Waals surface area contributed by atoms with Crippen molar-refractivity contribution in [3.05, 3.63) is 67.7 Å². The minimum atomic E-state index is -0.610. The summed E-state index contributed by atoms with van der Waals surface area (Å²) in [5.74, 6) is -0.855. The summed E-state index contributed by atoms with van der Waals surface area (Å²) >= 11 is 11.5. The lowest BCUT2D eigenvalue weighted by atomic mass is 10.2. The van der Waals surface area contributed by atoms with Gasteiger partial charge in [-0.15, -0.1) is 0 Å². The second-order valence-electron chi connectivity index (χ2n) is 4.34. The fourth-order valence-corrected chi connectivity index (χ4v) is 2.15. The van der Waals surface area contributed by atoms with E-state index in [2.05, 4.69) is 10.5 Å². The van der Waals surface area contributed by atoms with Crippen LogP contribution in [0.15, 0.2) is 41.5 Å². The molecule has 0 saturated carbocycles. The highest BCUT2D eigenvalue weighted by molar-refractivity contribution is 6.37. The summed E-state index contributed by atoms with van der Waals surface area (Å²) in [6.45, 7) is 0. The number of carbonyl (C=O) groups is 1. The zero-order valence-electron chi connectivity index (χ0n) is 11.4. The number of nitrogens with one attached hydrogen (secondary N) is 1. The number of hydrazone groups is 1. The molecule has 0 aliphatic carbocycles. The number of nitrogens with zero attached hydrogens (tertiary/aromatic N) is 2. The van der Waals surface area contributed by atoms with Gasteiger partial charge in [0.15, 0.2) is 5.75 Å². The van der Waals surface area contributed by atoms with Gasteiger partial charge in [0.05, 0.1) is 21.2 Å². The number of halogens is 2. The number of carbonyl (C=O) groups excluding carboxylic acids is 1. The normalized spacial score (nSPS) is 10.7. The predicted octanol–water partition coefficient (Wildman–Crippen LogP) is 3.37. The van der Waals surface area contributed by atoms with Gasteiger partial charge in [-0.25, -0.2) is 5.43 Å². The number of nitro benzene ring substituents is 1. The number of phenolic OH excluding ortho intramolecular Hbond substituents is 1. The average Bonchev–Trinajstić information content (AvgIpc) is 2.52. The summed E-state index contributed by atoms with van der Waals surface area (Å²) in [5, 5.41) is 23.9. The molecule has 0 saturated heterocycles. The Bertz CT molecular complexity index is 785. The van der Waals surface area contributed by atoms with E-state index in [9.17, 15) is 20.0 Å². The van der Waals surface area contributed by atoms with Crippen LogP contribution in [0.1, 0.15) is 15.9 Å². The maximum absolute atomic E-state index is 11.9. The van der Waals surface area contributed by atoms with Gasteiger partial charge >= 0.3 is 0 Å². The molecule has 0 spiro atoms.